The number of nitrogens with two attached hydrogens (primary N) is 1. The summed E-state index contributed by atoms with van der Waals surface area (Å²) < 4.78 is 31.1. The van der Waals surface area contributed by atoms with Gasteiger partial charge in [-0.1, -0.05) is 30.4 Å². The molecule has 0 spiro atoms. The summed E-state index contributed by atoms with van der Waals surface area (Å²) in [5.74, 6) is 0. The van der Waals surface area contributed by atoms with E-state index in [0.717, 1.165) is 0 Å². The Hall–Kier alpha value is -1.02. The lowest BCUT2D eigenvalue weighted by Crippen LogP contribution is -2.29. The first kappa shape index (κ1) is 14.0. The number of ether oxygens (including phenoxy) is 1. The zero-order valence-corrected chi connectivity index (χ0v) is 11.0. The van der Waals surface area contributed by atoms with Crippen LogP contribution in [-0.2, 0) is 14.8 Å². The summed E-state index contributed by atoms with van der Waals surface area (Å²) in [6.45, 7) is 0.499. The fraction of sp³-hybridized carbons (Fsp3) is 0.300. The van der Waals surface area contributed by atoms with Crippen molar-refractivity contribution in [3.63, 3.8) is 0 Å². The highest BCUT2D eigenvalue weighted by Crippen LogP contribution is 2.14. The standard InChI is InChI=1S/C10H14N2O3S2/c1-15-7-6-12-17(13,14)9-5-3-2-4-8(9)10(11)16/h2-5,12H,6-7H2,1H3,(H2,11,16). The lowest BCUT2D eigenvalue weighted by molar-refractivity contribution is 0.204. The van der Waals surface area contributed by atoms with E-state index in [-0.39, 0.29) is 16.4 Å². The van der Waals surface area contributed by atoms with Gasteiger partial charge < -0.3 is 10.5 Å². The van der Waals surface area contributed by atoms with Crippen molar-refractivity contribution < 1.29 is 13.2 Å². The van der Waals surface area contributed by atoms with Crippen molar-refractivity contribution in [2.24, 2.45) is 5.73 Å². The minimum Gasteiger partial charge on any atom is -0.389 e. The second kappa shape index (κ2) is 6.06. The number of methoxy groups -OCH3 is 1. The molecular weight excluding hydrogens is 260 g/mol. The second-order valence-corrected chi connectivity index (χ2v) is 5.43. The lowest BCUT2D eigenvalue weighted by atomic mass is 10.2. The Balaban J connectivity index is 3.02. The molecule has 0 aliphatic heterocycles. The van der Waals surface area contributed by atoms with Crippen LogP contribution in [0.3, 0.4) is 0 Å². The maximum atomic E-state index is 12.0. The SMILES string of the molecule is COCCNS(=O)(=O)c1ccccc1C(N)=S. The molecule has 0 saturated carbocycles. The molecule has 17 heavy (non-hydrogen) atoms. The van der Waals surface area contributed by atoms with E-state index in [1.807, 2.05) is 0 Å². The summed E-state index contributed by atoms with van der Waals surface area (Å²) in [6.07, 6.45) is 0. The molecule has 0 amide bonds. The Morgan fingerprint density at radius 3 is 2.71 bits per heavy atom. The Morgan fingerprint density at radius 2 is 2.12 bits per heavy atom. The van der Waals surface area contributed by atoms with Crippen molar-refractivity contribution in [2.45, 2.75) is 4.90 Å². The first-order valence-electron chi connectivity index (χ1n) is 4.86. The molecular formula is C10H14N2O3S2. The highest BCUT2D eigenvalue weighted by atomic mass is 32.2. The van der Waals surface area contributed by atoms with Crippen molar-refractivity contribution in [1.29, 1.82) is 0 Å². The molecule has 1 aromatic carbocycles. The average Bonchev–Trinajstić information content (AvgIpc) is 2.29. The molecule has 1 rings (SSSR count). The van der Waals surface area contributed by atoms with Crippen molar-refractivity contribution in [2.75, 3.05) is 20.3 Å². The third-order valence-corrected chi connectivity index (χ3v) is 3.78. The molecule has 0 aliphatic carbocycles. The highest BCUT2D eigenvalue weighted by Gasteiger charge is 2.18. The minimum atomic E-state index is -3.61. The van der Waals surface area contributed by atoms with Crippen LogP contribution in [0.2, 0.25) is 0 Å². The van der Waals surface area contributed by atoms with E-state index >= 15 is 0 Å². The summed E-state index contributed by atoms with van der Waals surface area (Å²) in [7, 11) is -2.11. The van der Waals surface area contributed by atoms with Crippen LogP contribution in [0, 0.1) is 0 Å². The predicted molar refractivity (Wildman–Crippen MR) is 69.4 cm³/mol. The van der Waals surface area contributed by atoms with Crippen molar-refractivity contribution >= 4 is 27.2 Å². The van der Waals surface area contributed by atoms with Gasteiger partial charge in [-0.25, -0.2) is 13.1 Å². The van der Waals surface area contributed by atoms with Crippen molar-refractivity contribution in [3.05, 3.63) is 29.8 Å². The molecule has 0 saturated heterocycles. The predicted octanol–water partition coefficient (Wildman–Crippen LogP) is 0.245. The molecule has 7 heteroatoms. The zero-order valence-electron chi connectivity index (χ0n) is 9.34. The third kappa shape index (κ3) is 3.74. The molecule has 0 atom stereocenters. The summed E-state index contributed by atoms with van der Waals surface area (Å²) in [4.78, 5) is 0.140. The molecule has 0 fully saturated rings. The normalized spacial score (nSPS) is 11.4. The average molecular weight is 274 g/mol. The Bertz CT molecular complexity index is 500. The Kier molecular flexibility index (Phi) is 5.01. The van der Waals surface area contributed by atoms with E-state index in [2.05, 4.69) is 4.72 Å². The molecule has 1 aromatic rings. The van der Waals surface area contributed by atoms with Gasteiger partial charge in [0.25, 0.3) is 0 Å². The highest BCUT2D eigenvalue weighted by molar-refractivity contribution is 7.89. The lowest BCUT2D eigenvalue weighted by Gasteiger charge is -2.10. The van der Waals surface area contributed by atoms with Gasteiger partial charge in [-0.2, -0.15) is 0 Å². The van der Waals surface area contributed by atoms with E-state index in [4.69, 9.17) is 22.7 Å². The van der Waals surface area contributed by atoms with Crippen LogP contribution in [0.1, 0.15) is 5.56 Å². The van der Waals surface area contributed by atoms with Gasteiger partial charge >= 0.3 is 0 Å². The zero-order chi connectivity index (χ0) is 12.9. The molecule has 0 heterocycles. The quantitative estimate of drug-likeness (QED) is 0.574. The number of rotatable bonds is 6. The number of thiocarbonyl (C=S) groups is 1. The monoisotopic (exact) mass is 274 g/mol. The smallest absolute Gasteiger partial charge is 0.241 e. The molecule has 0 aromatic heterocycles. The Morgan fingerprint density at radius 1 is 1.47 bits per heavy atom. The van der Waals surface area contributed by atoms with E-state index in [9.17, 15) is 8.42 Å². The van der Waals surface area contributed by atoms with E-state index in [1.54, 1.807) is 18.2 Å². The number of nitrogens with one attached hydrogen (secondary N) is 1. The number of hydrogen-bond donors (Lipinski definition) is 2. The van der Waals surface area contributed by atoms with Crippen LogP contribution in [0.5, 0.6) is 0 Å². The maximum Gasteiger partial charge on any atom is 0.241 e. The van der Waals surface area contributed by atoms with Crippen molar-refractivity contribution in [1.82, 2.24) is 4.72 Å². The number of benzene rings is 1. The largest absolute Gasteiger partial charge is 0.389 e. The van der Waals surface area contributed by atoms with Gasteiger partial charge in [-0.05, 0) is 6.07 Å². The summed E-state index contributed by atoms with van der Waals surface area (Å²) in [5.41, 5.74) is 5.82. The number of hydrogen-bond acceptors (Lipinski definition) is 4. The van der Waals surface area contributed by atoms with E-state index in [0.29, 0.717) is 12.2 Å². The van der Waals surface area contributed by atoms with Crippen LogP contribution in [-0.4, -0.2) is 33.7 Å². The molecule has 0 bridgehead atoms. The molecule has 0 aliphatic rings. The minimum absolute atomic E-state index is 0.0534. The van der Waals surface area contributed by atoms with Gasteiger partial charge in [-0.3, -0.25) is 0 Å². The first-order chi connectivity index (χ1) is 7.99. The summed E-state index contributed by atoms with van der Waals surface area (Å²) in [5, 5.41) is 0. The second-order valence-electron chi connectivity index (χ2n) is 3.25. The summed E-state index contributed by atoms with van der Waals surface area (Å²) >= 11 is 4.81. The topological polar surface area (TPSA) is 81.4 Å². The molecule has 5 nitrogen and oxygen atoms in total. The van der Waals surface area contributed by atoms with Gasteiger partial charge in [0.1, 0.15) is 4.99 Å². The van der Waals surface area contributed by atoms with E-state index in [1.165, 1.54) is 13.2 Å². The summed E-state index contributed by atoms with van der Waals surface area (Å²) in [6, 6.07) is 6.34. The maximum absolute atomic E-state index is 12.0. The van der Waals surface area contributed by atoms with Crippen molar-refractivity contribution in [3.8, 4) is 0 Å². The third-order valence-electron chi connectivity index (χ3n) is 2.04. The molecule has 0 radical (unpaired) electrons. The van der Waals surface area contributed by atoms with Gasteiger partial charge in [0.2, 0.25) is 10.0 Å². The molecule has 0 unspecified atom stereocenters. The van der Waals surface area contributed by atoms with Gasteiger partial charge in [0, 0.05) is 19.2 Å². The van der Waals surface area contributed by atoms with Crippen LogP contribution >= 0.6 is 12.2 Å². The van der Waals surface area contributed by atoms with Crippen LogP contribution in [0.15, 0.2) is 29.2 Å². The molecule has 3 N–H and O–H groups in total. The first-order valence-corrected chi connectivity index (χ1v) is 6.75. The fourth-order valence-electron chi connectivity index (χ4n) is 1.26. The van der Waals surface area contributed by atoms with Gasteiger partial charge in [0.15, 0.2) is 0 Å². The van der Waals surface area contributed by atoms with E-state index < -0.39 is 10.0 Å². The Labute approximate surface area is 106 Å². The fourth-order valence-corrected chi connectivity index (χ4v) is 2.74. The van der Waals surface area contributed by atoms with Crippen LogP contribution in [0.25, 0.3) is 0 Å². The van der Waals surface area contributed by atoms with Crippen LogP contribution in [0.4, 0.5) is 0 Å². The van der Waals surface area contributed by atoms with Crippen LogP contribution < -0.4 is 10.5 Å². The van der Waals surface area contributed by atoms with Gasteiger partial charge in [0.05, 0.1) is 11.5 Å². The van der Waals surface area contributed by atoms with Gasteiger partial charge in [-0.15, -0.1) is 0 Å². The molecule has 94 valence electrons. The number of sulfonamides is 1.